The molecule has 0 aliphatic rings. The molecule has 3 N–H and O–H groups in total. The predicted molar refractivity (Wildman–Crippen MR) is 72.9 cm³/mol. The van der Waals surface area contributed by atoms with Gasteiger partial charge in [-0.05, 0) is 12.1 Å². The van der Waals surface area contributed by atoms with Gasteiger partial charge >= 0.3 is 0 Å². The number of benzene rings is 1. The molecule has 0 bridgehead atoms. The van der Waals surface area contributed by atoms with E-state index < -0.39 is 11.9 Å². The van der Waals surface area contributed by atoms with E-state index in [9.17, 15) is 4.39 Å². The first-order valence-corrected chi connectivity index (χ1v) is 5.99. The maximum Gasteiger partial charge on any atom is 0.218 e. The molecule has 1 unspecified atom stereocenters. The minimum atomic E-state index is -0.565. The number of halogens is 1. The van der Waals surface area contributed by atoms with Crippen molar-refractivity contribution >= 4 is 0 Å². The van der Waals surface area contributed by atoms with Crippen LogP contribution in [-0.4, -0.2) is 19.2 Å². The van der Waals surface area contributed by atoms with Crippen molar-refractivity contribution in [3.8, 4) is 11.6 Å². The standard InChI is InChI=1S/C14H16FN3O2/c1-19-9-5-6-10(12(15)8-9)13(18-16)11-4-3-7-17-14(11)20-2/h3-8,13,18H,16H2,1-2H3. The highest BCUT2D eigenvalue weighted by atomic mass is 19.1. The number of nitrogens with one attached hydrogen (secondary N) is 1. The van der Waals surface area contributed by atoms with Crippen molar-refractivity contribution in [3.05, 3.63) is 53.5 Å². The molecular formula is C14H16FN3O2. The summed E-state index contributed by atoms with van der Waals surface area (Å²) < 4.78 is 24.3. The summed E-state index contributed by atoms with van der Waals surface area (Å²) in [6.07, 6.45) is 1.60. The van der Waals surface area contributed by atoms with Crippen LogP contribution in [0.2, 0.25) is 0 Å². The fourth-order valence-electron chi connectivity index (χ4n) is 2.01. The molecule has 0 fully saturated rings. The summed E-state index contributed by atoms with van der Waals surface area (Å²) in [5.41, 5.74) is 3.63. The van der Waals surface area contributed by atoms with Crippen LogP contribution in [0, 0.1) is 5.82 Å². The van der Waals surface area contributed by atoms with E-state index in [1.807, 2.05) is 0 Å². The average Bonchev–Trinajstić information content (AvgIpc) is 2.50. The Balaban J connectivity index is 2.47. The Labute approximate surface area is 116 Å². The van der Waals surface area contributed by atoms with Gasteiger partial charge in [0.25, 0.3) is 0 Å². The van der Waals surface area contributed by atoms with E-state index in [2.05, 4.69) is 10.4 Å². The van der Waals surface area contributed by atoms with E-state index >= 15 is 0 Å². The van der Waals surface area contributed by atoms with E-state index in [0.29, 0.717) is 22.8 Å². The summed E-state index contributed by atoms with van der Waals surface area (Å²) in [4.78, 5) is 4.09. The lowest BCUT2D eigenvalue weighted by atomic mass is 9.99. The van der Waals surface area contributed by atoms with Crippen LogP contribution in [0.1, 0.15) is 17.2 Å². The second-order valence-corrected chi connectivity index (χ2v) is 4.09. The predicted octanol–water partition coefficient (Wildman–Crippen LogP) is 1.79. The maximum absolute atomic E-state index is 14.2. The third kappa shape index (κ3) is 2.71. The van der Waals surface area contributed by atoms with E-state index in [0.717, 1.165) is 0 Å². The molecule has 0 aliphatic carbocycles. The summed E-state index contributed by atoms with van der Waals surface area (Å²) >= 11 is 0. The molecule has 1 atom stereocenters. The van der Waals surface area contributed by atoms with Crippen molar-refractivity contribution in [1.82, 2.24) is 10.4 Å². The third-order valence-electron chi connectivity index (χ3n) is 2.99. The van der Waals surface area contributed by atoms with Gasteiger partial charge in [-0.3, -0.25) is 5.84 Å². The van der Waals surface area contributed by atoms with Crippen molar-refractivity contribution in [1.29, 1.82) is 0 Å². The Bertz CT molecular complexity index is 592. The van der Waals surface area contributed by atoms with Crippen LogP contribution in [-0.2, 0) is 0 Å². The number of hydrogen-bond acceptors (Lipinski definition) is 5. The van der Waals surface area contributed by atoms with Gasteiger partial charge in [-0.2, -0.15) is 0 Å². The second kappa shape index (κ2) is 6.31. The molecule has 106 valence electrons. The van der Waals surface area contributed by atoms with Crippen LogP contribution < -0.4 is 20.7 Å². The highest BCUT2D eigenvalue weighted by molar-refractivity contribution is 5.40. The van der Waals surface area contributed by atoms with Gasteiger partial charge in [0.1, 0.15) is 11.6 Å². The molecule has 5 nitrogen and oxygen atoms in total. The monoisotopic (exact) mass is 277 g/mol. The van der Waals surface area contributed by atoms with Crippen LogP contribution in [0.5, 0.6) is 11.6 Å². The number of hydrazine groups is 1. The first kappa shape index (κ1) is 14.2. The summed E-state index contributed by atoms with van der Waals surface area (Å²) in [5.74, 6) is 5.99. The number of nitrogens with zero attached hydrogens (tertiary/aromatic N) is 1. The Kier molecular flexibility index (Phi) is 4.49. The van der Waals surface area contributed by atoms with Gasteiger partial charge < -0.3 is 9.47 Å². The van der Waals surface area contributed by atoms with E-state index in [4.69, 9.17) is 15.3 Å². The third-order valence-corrected chi connectivity index (χ3v) is 2.99. The Morgan fingerprint density at radius 3 is 2.60 bits per heavy atom. The Morgan fingerprint density at radius 1 is 1.20 bits per heavy atom. The molecule has 0 spiro atoms. The highest BCUT2D eigenvalue weighted by Crippen LogP contribution is 2.30. The number of methoxy groups -OCH3 is 2. The Morgan fingerprint density at radius 2 is 2.00 bits per heavy atom. The normalized spacial score (nSPS) is 12.0. The summed E-state index contributed by atoms with van der Waals surface area (Å²) in [6, 6.07) is 7.55. The average molecular weight is 277 g/mol. The van der Waals surface area contributed by atoms with Crippen molar-refractivity contribution in [3.63, 3.8) is 0 Å². The van der Waals surface area contributed by atoms with E-state index in [1.54, 1.807) is 30.5 Å². The lowest BCUT2D eigenvalue weighted by Crippen LogP contribution is -2.30. The fraction of sp³-hybridized carbons (Fsp3) is 0.214. The van der Waals surface area contributed by atoms with Gasteiger partial charge in [-0.15, -0.1) is 0 Å². The molecule has 20 heavy (non-hydrogen) atoms. The first-order valence-electron chi connectivity index (χ1n) is 5.99. The quantitative estimate of drug-likeness (QED) is 0.644. The minimum absolute atomic E-state index is 0.389. The fourth-order valence-corrected chi connectivity index (χ4v) is 2.01. The summed E-state index contributed by atoms with van der Waals surface area (Å²) in [7, 11) is 2.99. The largest absolute Gasteiger partial charge is 0.497 e. The second-order valence-electron chi connectivity index (χ2n) is 4.09. The zero-order valence-electron chi connectivity index (χ0n) is 11.3. The molecule has 0 saturated carbocycles. The van der Waals surface area contributed by atoms with Crippen molar-refractivity contribution in [2.24, 2.45) is 5.84 Å². The summed E-state index contributed by atoms with van der Waals surface area (Å²) in [6.45, 7) is 0. The molecule has 0 amide bonds. The van der Waals surface area contributed by atoms with Gasteiger partial charge in [0.2, 0.25) is 5.88 Å². The molecule has 2 aromatic rings. The van der Waals surface area contributed by atoms with Gasteiger partial charge in [0.05, 0.1) is 20.3 Å². The zero-order valence-corrected chi connectivity index (χ0v) is 11.3. The van der Waals surface area contributed by atoms with Crippen LogP contribution >= 0.6 is 0 Å². The molecule has 6 heteroatoms. The van der Waals surface area contributed by atoms with E-state index in [-0.39, 0.29) is 0 Å². The van der Waals surface area contributed by atoms with Crippen LogP contribution in [0.15, 0.2) is 36.5 Å². The lowest BCUT2D eigenvalue weighted by molar-refractivity contribution is 0.386. The number of pyridine rings is 1. The van der Waals surface area contributed by atoms with Crippen LogP contribution in [0.4, 0.5) is 4.39 Å². The van der Waals surface area contributed by atoms with Gasteiger partial charge in [0.15, 0.2) is 0 Å². The van der Waals surface area contributed by atoms with E-state index in [1.165, 1.54) is 20.3 Å². The molecular weight excluding hydrogens is 261 g/mol. The number of hydrogen-bond donors (Lipinski definition) is 2. The van der Waals surface area contributed by atoms with Gasteiger partial charge in [-0.25, -0.2) is 14.8 Å². The van der Waals surface area contributed by atoms with Crippen molar-refractivity contribution in [2.45, 2.75) is 6.04 Å². The molecule has 0 saturated heterocycles. The molecule has 1 aromatic heterocycles. The topological polar surface area (TPSA) is 69.4 Å². The maximum atomic E-state index is 14.2. The SMILES string of the molecule is COc1ccc(C(NN)c2cccnc2OC)c(F)c1. The minimum Gasteiger partial charge on any atom is -0.497 e. The molecule has 1 aromatic carbocycles. The molecule has 1 heterocycles. The summed E-state index contributed by atoms with van der Waals surface area (Å²) in [5, 5.41) is 0. The molecule has 2 rings (SSSR count). The van der Waals surface area contributed by atoms with Crippen LogP contribution in [0.25, 0.3) is 0 Å². The Hall–Kier alpha value is -2.18. The number of ether oxygens (including phenoxy) is 2. The molecule has 0 aliphatic heterocycles. The zero-order chi connectivity index (χ0) is 14.5. The first-order chi connectivity index (χ1) is 9.71. The smallest absolute Gasteiger partial charge is 0.218 e. The number of rotatable bonds is 5. The molecule has 0 radical (unpaired) electrons. The number of nitrogens with two attached hydrogens (primary N) is 1. The van der Waals surface area contributed by atoms with Gasteiger partial charge in [-0.1, -0.05) is 12.1 Å². The lowest BCUT2D eigenvalue weighted by Gasteiger charge is -2.19. The van der Waals surface area contributed by atoms with Crippen molar-refractivity contribution < 1.29 is 13.9 Å². The van der Waals surface area contributed by atoms with Crippen molar-refractivity contribution in [2.75, 3.05) is 14.2 Å². The van der Waals surface area contributed by atoms with Gasteiger partial charge in [0, 0.05) is 23.4 Å². The number of aromatic nitrogens is 1. The highest BCUT2D eigenvalue weighted by Gasteiger charge is 2.21. The van der Waals surface area contributed by atoms with Crippen LogP contribution in [0.3, 0.4) is 0 Å².